The van der Waals surface area contributed by atoms with Gasteiger partial charge in [0, 0.05) is 32.4 Å². The third-order valence-corrected chi connectivity index (χ3v) is 4.09. The highest BCUT2D eigenvalue weighted by atomic mass is 15.2. The van der Waals surface area contributed by atoms with Gasteiger partial charge in [-0.05, 0) is 37.3 Å². The molecule has 1 aliphatic rings. The third kappa shape index (κ3) is 5.58. The number of piperidine rings is 1. The van der Waals surface area contributed by atoms with E-state index in [0.717, 1.165) is 42.9 Å². The van der Waals surface area contributed by atoms with E-state index in [4.69, 9.17) is 0 Å². The number of nitrogens with one attached hydrogen (secondary N) is 2. The molecule has 1 fully saturated rings. The van der Waals surface area contributed by atoms with Crippen LogP contribution in [0.25, 0.3) is 0 Å². The maximum Gasteiger partial charge on any atom is 0.191 e. The van der Waals surface area contributed by atoms with Crippen LogP contribution >= 0.6 is 0 Å². The van der Waals surface area contributed by atoms with Crippen molar-refractivity contribution in [1.82, 2.24) is 15.6 Å². The molecule has 0 aliphatic carbocycles. The van der Waals surface area contributed by atoms with Crippen molar-refractivity contribution in [2.45, 2.75) is 33.2 Å². The summed E-state index contributed by atoms with van der Waals surface area (Å²) >= 11 is 0. The van der Waals surface area contributed by atoms with Crippen LogP contribution in [0.3, 0.4) is 0 Å². The molecule has 5 heteroatoms. The summed E-state index contributed by atoms with van der Waals surface area (Å²) in [5.41, 5.74) is 1.12. The second kappa shape index (κ2) is 9.18. The maximum absolute atomic E-state index is 4.61. The van der Waals surface area contributed by atoms with Crippen LogP contribution in [0.15, 0.2) is 36.0 Å². The Labute approximate surface area is 139 Å². The molecule has 1 aromatic rings. The zero-order valence-corrected chi connectivity index (χ0v) is 14.4. The van der Waals surface area contributed by atoms with Crippen molar-refractivity contribution >= 4 is 11.8 Å². The predicted molar refractivity (Wildman–Crippen MR) is 97.9 cm³/mol. The lowest BCUT2D eigenvalue weighted by Crippen LogP contribution is -2.37. The molecule has 0 aromatic carbocycles. The number of nitrogens with zero attached hydrogens (tertiary/aromatic N) is 3. The van der Waals surface area contributed by atoms with Gasteiger partial charge in [-0.2, -0.15) is 0 Å². The Kier molecular flexibility index (Phi) is 6.91. The second-order valence-electron chi connectivity index (χ2n) is 6.06. The topological polar surface area (TPSA) is 52.6 Å². The molecule has 1 aromatic heterocycles. The van der Waals surface area contributed by atoms with E-state index < -0.39 is 0 Å². The Hall–Kier alpha value is -2.04. The van der Waals surface area contributed by atoms with Crippen LogP contribution in [-0.4, -0.2) is 37.1 Å². The standard InChI is InChI=1S/C18H29N5/c1-4-10-20-18(19-5-2)22-14-16-6-7-17(21-13-16)23-11-8-15(3)9-12-23/h4,6-7,13,15H,1,5,8-12,14H2,2-3H3,(H2,19,20,22). The lowest BCUT2D eigenvalue weighted by Gasteiger charge is -2.31. The van der Waals surface area contributed by atoms with E-state index in [1.54, 1.807) is 0 Å². The molecule has 1 saturated heterocycles. The Balaban J connectivity index is 1.92. The third-order valence-electron chi connectivity index (χ3n) is 4.09. The van der Waals surface area contributed by atoms with Gasteiger partial charge < -0.3 is 15.5 Å². The van der Waals surface area contributed by atoms with Crippen molar-refractivity contribution in [3.05, 3.63) is 36.5 Å². The lowest BCUT2D eigenvalue weighted by molar-refractivity contribution is 0.436. The minimum absolute atomic E-state index is 0.622. The number of hydrogen-bond acceptors (Lipinski definition) is 3. The van der Waals surface area contributed by atoms with Gasteiger partial charge in [0.1, 0.15) is 5.82 Å². The summed E-state index contributed by atoms with van der Waals surface area (Å²) in [6, 6.07) is 4.24. The van der Waals surface area contributed by atoms with Gasteiger partial charge in [-0.15, -0.1) is 6.58 Å². The number of aliphatic imine (C=N–C) groups is 1. The molecular weight excluding hydrogens is 286 g/mol. The number of guanidine groups is 1. The molecule has 0 amide bonds. The van der Waals surface area contributed by atoms with Gasteiger partial charge in [-0.1, -0.05) is 19.1 Å². The van der Waals surface area contributed by atoms with Crippen molar-refractivity contribution in [2.75, 3.05) is 31.1 Å². The summed E-state index contributed by atoms with van der Waals surface area (Å²) < 4.78 is 0. The maximum atomic E-state index is 4.61. The fourth-order valence-corrected chi connectivity index (χ4v) is 2.62. The number of rotatable bonds is 6. The van der Waals surface area contributed by atoms with Gasteiger partial charge in [0.05, 0.1) is 6.54 Å². The molecule has 0 unspecified atom stereocenters. The van der Waals surface area contributed by atoms with Gasteiger partial charge in [0.25, 0.3) is 0 Å². The Morgan fingerprint density at radius 2 is 2.17 bits per heavy atom. The summed E-state index contributed by atoms with van der Waals surface area (Å²) in [5.74, 6) is 2.73. The fraction of sp³-hybridized carbons (Fsp3) is 0.556. The molecule has 1 aliphatic heterocycles. The summed E-state index contributed by atoms with van der Waals surface area (Å²) in [7, 11) is 0. The van der Waals surface area contributed by atoms with Crippen LogP contribution in [-0.2, 0) is 6.54 Å². The van der Waals surface area contributed by atoms with Crippen LogP contribution in [0, 0.1) is 5.92 Å². The quantitative estimate of drug-likeness (QED) is 0.481. The first-order valence-electron chi connectivity index (χ1n) is 8.56. The fourth-order valence-electron chi connectivity index (χ4n) is 2.62. The molecule has 0 atom stereocenters. The van der Waals surface area contributed by atoms with Crippen LogP contribution in [0.5, 0.6) is 0 Å². The Morgan fingerprint density at radius 3 is 2.78 bits per heavy atom. The SMILES string of the molecule is C=CCNC(=NCc1ccc(N2CCC(C)CC2)nc1)NCC. The summed E-state index contributed by atoms with van der Waals surface area (Å²) in [4.78, 5) is 11.6. The molecule has 5 nitrogen and oxygen atoms in total. The molecule has 2 heterocycles. The molecule has 2 rings (SSSR count). The molecule has 126 valence electrons. The summed E-state index contributed by atoms with van der Waals surface area (Å²) in [6.45, 7) is 12.5. The molecule has 0 bridgehead atoms. The minimum Gasteiger partial charge on any atom is -0.357 e. The van der Waals surface area contributed by atoms with Crippen LogP contribution in [0.1, 0.15) is 32.3 Å². The summed E-state index contributed by atoms with van der Waals surface area (Å²) in [6.07, 6.45) is 6.28. The number of pyridine rings is 1. The van der Waals surface area contributed by atoms with E-state index in [-0.39, 0.29) is 0 Å². The first kappa shape index (κ1) is 17.3. The highest BCUT2D eigenvalue weighted by Crippen LogP contribution is 2.21. The molecule has 0 saturated carbocycles. The molecule has 23 heavy (non-hydrogen) atoms. The number of anilines is 1. The van der Waals surface area contributed by atoms with Gasteiger partial charge in [0.2, 0.25) is 0 Å². The lowest BCUT2D eigenvalue weighted by atomic mass is 9.99. The highest BCUT2D eigenvalue weighted by molar-refractivity contribution is 5.79. The van der Waals surface area contributed by atoms with Gasteiger partial charge >= 0.3 is 0 Å². The minimum atomic E-state index is 0.622. The largest absolute Gasteiger partial charge is 0.357 e. The highest BCUT2D eigenvalue weighted by Gasteiger charge is 2.16. The van der Waals surface area contributed by atoms with Crippen molar-refractivity contribution in [3.63, 3.8) is 0 Å². The Morgan fingerprint density at radius 1 is 1.39 bits per heavy atom. The predicted octanol–water partition coefficient (Wildman–Crippen LogP) is 2.56. The van der Waals surface area contributed by atoms with Crippen LogP contribution in [0.4, 0.5) is 5.82 Å². The van der Waals surface area contributed by atoms with Crippen molar-refractivity contribution in [2.24, 2.45) is 10.9 Å². The van der Waals surface area contributed by atoms with E-state index in [9.17, 15) is 0 Å². The zero-order valence-electron chi connectivity index (χ0n) is 14.4. The Bertz CT molecular complexity index is 501. The first-order valence-corrected chi connectivity index (χ1v) is 8.56. The van der Waals surface area contributed by atoms with Crippen molar-refractivity contribution in [1.29, 1.82) is 0 Å². The molecule has 2 N–H and O–H groups in total. The molecular formula is C18H29N5. The second-order valence-corrected chi connectivity index (χ2v) is 6.06. The number of aromatic nitrogens is 1. The van der Waals surface area contributed by atoms with Crippen LogP contribution < -0.4 is 15.5 Å². The molecule has 0 radical (unpaired) electrons. The normalized spacial score (nSPS) is 16.3. The van der Waals surface area contributed by atoms with Crippen molar-refractivity contribution in [3.8, 4) is 0 Å². The van der Waals surface area contributed by atoms with Gasteiger partial charge in [-0.25, -0.2) is 9.98 Å². The van der Waals surface area contributed by atoms with Crippen LogP contribution in [0.2, 0.25) is 0 Å². The van der Waals surface area contributed by atoms with E-state index in [0.29, 0.717) is 13.1 Å². The van der Waals surface area contributed by atoms with E-state index in [1.165, 1.54) is 12.8 Å². The van der Waals surface area contributed by atoms with Gasteiger partial charge in [-0.3, -0.25) is 0 Å². The number of hydrogen-bond donors (Lipinski definition) is 2. The van der Waals surface area contributed by atoms with E-state index in [2.05, 4.69) is 58.1 Å². The monoisotopic (exact) mass is 315 g/mol. The smallest absolute Gasteiger partial charge is 0.191 e. The van der Waals surface area contributed by atoms with E-state index in [1.807, 2.05) is 12.3 Å². The van der Waals surface area contributed by atoms with Gasteiger partial charge in [0.15, 0.2) is 5.96 Å². The average Bonchev–Trinajstić information content (AvgIpc) is 2.58. The zero-order chi connectivity index (χ0) is 16.5. The first-order chi connectivity index (χ1) is 11.2. The van der Waals surface area contributed by atoms with E-state index >= 15 is 0 Å². The summed E-state index contributed by atoms with van der Waals surface area (Å²) in [5, 5.41) is 6.42. The molecule has 0 spiro atoms. The average molecular weight is 315 g/mol. The van der Waals surface area contributed by atoms with Crippen molar-refractivity contribution < 1.29 is 0 Å².